The van der Waals surface area contributed by atoms with Crippen molar-refractivity contribution in [3.63, 3.8) is 0 Å². The van der Waals surface area contributed by atoms with Crippen molar-refractivity contribution in [3.05, 3.63) is 23.3 Å². The van der Waals surface area contributed by atoms with Crippen LogP contribution in [0, 0.1) is 11.3 Å². The summed E-state index contributed by atoms with van der Waals surface area (Å²) in [6, 6.07) is 5.30. The van der Waals surface area contributed by atoms with Gasteiger partial charge < -0.3 is 10.1 Å². The maximum absolute atomic E-state index is 11.6. The van der Waals surface area contributed by atoms with Crippen molar-refractivity contribution in [2.75, 3.05) is 19.0 Å². The molecule has 15 heavy (non-hydrogen) atoms. The first-order valence-corrected chi connectivity index (χ1v) is 4.65. The number of nitrogens with one attached hydrogen (secondary N) is 1. The summed E-state index contributed by atoms with van der Waals surface area (Å²) < 4.78 is 5.06. The number of carbonyl (C=O) groups is 1. The van der Waals surface area contributed by atoms with Crippen LogP contribution in [-0.4, -0.2) is 19.4 Å². The number of hydrogen-bond donors (Lipinski definition) is 1. The lowest BCUT2D eigenvalue weighted by Crippen LogP contribution is -2.18. The van der Waals surface area contributed by atoms with Crippen molar-refractivity contribution in [2.24, 2.45) is 0 Å². The molecular formula is C11H10N2O2. The van der Waals surface area contributed by atoms with E-state index >= 15 is 0 Å². The normalized spacial score (nSPS) is 13.7. The monoisotopic (exact) mass is 202 g/mol. The molecule has 0 amide bonds. The van der Waals surface area contributed by atoms with Gasteiger partial charge in [0.1, 0.15) is 11.8 Å². The summed E-state index contributed by atoms with van der Waals surface area (Å²) in [6.45, 7) is 0.640. The van der Waals surface area contributed by atoms with E-state index in [2.05, 4.69) is 5.32 Å². The molecule has 0 unspecified atom stereocenters. The van der Waals surface area contributed by atoms with Gasteiger partial charge in [-0.2, -0.15) is 5.26 Å². The highest BCUT2D eigenvalue weighted by Gasteiger charge is 2.19. The van der Waals surface area contributed by atoms with Gasteiger partial charge in [-0.05, 0) is 6.07 Å². The molecular weight excluding hydrogens is 192 g/mol. The third-order valence-corrected chi connectivity index (χ3v) is 2.43. The topological polar surface area (TPSA) is 62.1 Å². The summed E-state index contributed by atoms with van der Waals surface area (Å²) >= 11 is 0. The third-order valence-electron chi connectivity index (χ3n) is 2.43. The summed E-state index contributed by atoms with van der Waals surface area (Å²) in [5, 5.41) is 12.0. The van der Waals surface area contributed by atoms with Crippen LogP contribution in [0.5, 0.6) is 5.75 Å². The molecule has 1 aromatic rings. The van der Waals surface area contributed by atoms with Crippen LogP contribution < -0.4 is 10.1 Å². The predicted octanol–water partition coefficient (Wildman–Crippen LogP) is 1.57. The largest absolute Gasteiger partial charge is 0.495 e. The molecule has 0 spiro atoms. The fourth-order valence-corrected chi connectivity index (χ4v) is 1.66. The van der Waals surface area contributed by atoms with Crippen LogP contribution in [0.2, 0.25) is 0 Å². The molecule has 0 fully saturated rings. The molecule has 1 aliphatic rings. The smallest absolute Gasteiger partial charge is 0.166 e. The number of nitrogens with zero attached hydrogens (tertiary/aromatic N) is 1. The van der Waals surface area contributed by atoms with Crippen LogP contribution in [0.4, 0.5) is 5.69 Å². The van der Waals surface area contributed by atoms with E-state index in [0.717, 1.165) is 5.69 Å². The Hall–Kier alpha value is -2.02. The number of ether oxygens (including phenoxy) is 1. The highest BCUT2D eigenvalue weighted by atomic mass is 16.5. The zero-order valence-electron chi connectivity index (χ0n) is 8.33. The Labute approximate surface area is 87.5 Å². The van der Waals surface area contributed by atoms with Gasteiger partial charge >= 0.3 is 0 Å². The van der Waals surface area contributed by atoms with E-state index in [0.29, 0.717) is 29.8 Å². The molecule has 1 N–H and O–H groups in total. The molecule has 4 heteroatoms. The van der Waals surface area contributed by atoms with Crippen molar-refractivity contribution < 1.29 is 9.53 Å². The first-order valence-electron chi connectivity index (χ1n) is 4.65. The fraction of sp³-hybridized carbons (Fsp3) is 0.273. The Morgan fingerprint density at radius 3 is 3.00 bits per heavy atom. The van der Waals surface area contributed by atoms with Crippen LogP contribution in [0.15, 0.2) is 12.1 Å². The first kappa shape index (κ1) is 9.53. The van der Waals surface area contributed by atoms with Crippen molar-refractivity contribution in [3.8, 4) is 11.8 Å². The summed E-state index contributed by atoms with van der Waals surface area (Å²) in [6.07, 6.45) is 0.476. The molecule has 1 aromatic carbocycles. The third kappa shape index (κ3) is 1.52. The Morgan fingerprint density at radius 2 is 2.33 bits per heavy atom. The molecule has 2 rings (SSSR count). The van der Waals surface area contributed by atoms with Gasteiger partial charge in [0.25, 0.3) is 0 Å². The van der Waals surface area contributed by atoms with E-state index in [1.165, 1.54) is 7.11 Å². The first-order chi connectivity index (χ1) is 7.26. The minimum absolute atomic E-state index is 0.0721. The minimum atomic E-state index is 0.0721. The highest BCUT2D eigenvalue weighted by molar-refractivity contribution is 6.03. The molecule has 0 aromatic heterocycles. The molecule has 1 heterocycles. The number of rotatable bonds is 1. The van der Waals surface area contributed by atoms with E-state index < -0.39 is 0 Å². The van der Waals surface area contributed by atoms with Gasteiger partial charge in [0.2, 0.25) is 0 Å². The second-order valence-corrected chi connectivity index (χ2v) is 3.31. The second-order valence-electron chi connectivity index (χ2n) is 3.31. The molecule has 76 valence electrons. The Morgan fingerprint density at radius 1 is 1.53 bits per heavy atom. The standard InChI is InChI=1S/C11H10N2O2/c1-15-11-5-9-8(4-7(11)6-12)10(14)2-3-13-9/h4-5,13H,2-3H2,1H3. The van der Waals surface area contributed by atoms with Gasteiger partial charge in [0, 0.05) is 30.3 Å². The maximum Gasteiger partial charge on any atom is 0.166 e. The van der Waals surface area contributed by atoms with Crippen LogP contribution >= 0.6 is 0 Å². The molecule has 0 bridgehead atoms. The van der Waals surface area contributed by atoms with E-state index in [4.69, 9.17) is 10.00 Å². The molecule has 0 atom stereocenters. The van der Waals surface area contributed by atoms with Crippen LogP contribution in [-0.2, 0) is 0 Å². The number of anilines is 1. The van der Waals surface area contributed by atoms with Crippen molar-refractivity contribution >= 4 is 11.5 Å². The average molecular weight is 202 g/mol. The summed E-state index contributed by atoms with van der Waals surface area (Å²) in [5.74, 6) is 0.571. The summed E-state index contributed by atoms with van der Waals surface area (Å²) in [4.78, 5) is 11.6. The number of fused-ring (bicyclic) bond motifs is 1. The van der Waals surface area contributed by atoms with Gasteiger partial charge in [-0.3, -0.25) is 4.79 Å². The van der Waals surface area contributed by atoms with E-state index in [-0.39, 0.29) is 5.78 Å². The van der Waals surface area contributed by atoms with Crippen molar-refractivity contribution in [2.45, 2.75) is 6.42 Å². The Balaban J connectivity index is 2.59. The van der Waals surface area contributed by atoms with Crippen molar-refractivity contribution in [1.29, 1.82) is 5.26 Å². The number of ketones is 1. The molecule has 0 saturated carbocycles. The minimum Gasteiger partial charge on any atom is -0.495 e. The van der Waals surface area contributed by atoms with Gasteiger partial charge in [-0.1, -0.05) is 0 Å². The second kappa shape index (κ2) is 3.62. The maximum atomic E-state index is 11.6. The average Bonchev–Trinajstić information content (AvgIpc) is 2.28. The van der Waals surface area contributed by atoms with Crippen LogP contribution in [0.1, 0.15) is 22.3 Å². The molecule has 0 aliphatic carbocycles. The van der Waals surface area contributed by atoms with E-state index in [1.807, 2.05) is 6.07 Å². The predicted molar refractivity (Wildman–Crippen MR) is 55.1 cm³/mol. The fourth-order valence-electron chi connectivity index (χ4n) is 1.66. The van der Waals surface area contributed by atoms with Crippen molar-refractivity contribution in [1.82, 2.24) is 0 Å². The summed E-state index contributed by atoms with van der Waals surface area (Å²) in [5.41, 5.74) is 1.73. The lowest BCUT2D eigenvalue weighted by Gasteiger charge is -2.18. The number of methoxy groups -OCH3 is 1. The highest BCUT2D eigenvalue weighted by Crippen LogP contribution is 2.29. The van der Waals surface area contributed by atoms with Gasteiger partial charge in [-0.15, -0.1) is 0 Å². The quantitative estimate of drug-likeness (QED) is 0.750. The van der Waals surface area contributed by atoms with Gasteiger partial charge in [-0.25, -0.2) is 0 Å². The number of carbonyl (C=O) groups excluding carboxylic acids is 1. The van der Waals surface area contributed by atoms with Crippen LogP contribution in [0.25, 0.3) is 0 Å². The molecule has 1 aliphatic heterocycles. The zero-order chi connectivity index (χ0) is 10.8. The van der Waals surface area contributed by atoms with Gasteiger partial charge in [0.05, 0.1) is 12.7 Å². The summed E-state index contributed by atoms with van der Waals surface area (Å²) in [7, 11) is 1.51. The molecule has 0 saturated heterocycles. The lowest BCUT2D eigenvalue weighted by molar-refractivity contribution is 0.0983. The van der Waals surface area contributed by atoms with Gasteiger partial charge in [0.15, 0.2) is 5.78 Å². The Kier molecular flexibility index (Phi) is 2.30. The van der Waals surface area contributed by atoms with E-state index in [9.17, 15) is 4.79 Å². The van der Waals surface area contributed by atoms with Crippen LogP contribution in [0.3, 0.4) is 0 Å². The Bertz CT molecular complexity index is 460. The number of benzene rings is 1. The lowest BCUT2D eigenvalue weighted by atomic mass is 9.99. The number of Topliss-reactive ketones (excluding diaryl/α,β-unsaturated/α-hetero) is 1. The number of nitriles is 1. The number of hydrogen-bond acceptors (Lipinski definition) is 4. The SMILES string of the molecule is COc1cc2c(cc1C#N)C(=O)CCN2. The molecule has 0 radical (unpaired) electrons. The van der Waals surface area contributed by atoms with E-state index in [1.54, 1.807) is 12.1 Å². The molecule has 4 nitrogen and oxygen atoms in total. The zero-order valence-corrected chi connectivity index (χ0v) is 8.33.